The van der Waals surface area contributed by atoms with Crippen LogP contribution in [0.2, 0.25) is 0 Å². The van der Waals surface area contributed by atoms with E-state index in [1.54, 1.807) is 0 Å². The summed E-state index contributed by atoms with van der Waals surface area (Å²) in [5, 5.41) is 0. The number of anilines is 2. The van der Waals surface area contributed by atoms with Crippen molar-refractivity contribution in [2.24, 2.45) is 0 Å². The number of aromatic nitrogens is 2. The van der Waals surface area contributed by atoms with E-state index in [2.05, 4.69) is 47.6 Å². The Labute approximate surface area is 127 Å². The molecule has 0 fully saturated rings. The molecule has 2 rings (SSSR count). The lowest BCUT2D eigenvalue weighted by molar-refractivity contribution is 0.637. The molecular weight excluding hydrogens is 260 g/mol. The normalized spacial score (nSPS) is 10.9. The highest BCUT2D eigenvalue weighted by Gasteiger charge is 2.15. The van der Waals surface area contributed by atoms with E-state index in [1.807, 2.05) is 14.1 Å². The van der Waals surface area contributed by atoms with Crippen molar-refractivity contribution in [2.75, 3.05) is 24.7 Å². The van der Waals surface area contributed by atoms with E-state index < -0.39 is 0 Å². The summed E-state index contributed by atoms with van der Waals surface area (Å²) in [6.07, 6.45) is 3.12. The van der Waals surface area contributed by atoms with Gasteiger partial charge in [-0.2, -0.15) is 0 Å². The molecule has 2 aromatic rings. The predicted molar refractivity (Wildman–Crippen MR) is 90.7 cm³/mol. The third-order valence-electron chi connectivity index (χ3n) is 3.66. The van der Waals surface area contributed by atoms with Crippen molar-refractivity contribution < 1.29 is 0 Å². The molecule has 0 radical (unpaired) electrons. The second kappa shape index (κ2) is 6.66. The Morgan fingerprint density at radius 1 is 1.10 bits per heavy atom. The standard InChI is InChI=1S/C17H26N4/c1-5-7-15-19-16(17(18)21(15)12-6-2)13-8-10-14(11-9-13)20(3)4/h8-11H,5-7,12,18H2,1-4H3. The molecule has 0 unspecified atom stereocenters. The van der Waals surface area contributed by atoms with Crippen molar-refractivity contribution in [3.05, 3.63) is 30.1 Å². The molecule has 0 spiro atoms. The van der Waals surface area contributed by atoms with Gasteiger partial charge in [0.2, 0.25) is 0 Å². The molecule has 0 aliphatic carbocycles. The number of nitrogen functional groups attached to an aromatic ring is 1. The third kappa shape index (κ3) is 3.20. The highest BCUT2D eigenvalue weighted by Crippen LogP contribution is 2.28. The van der Waals surface area contributed by atoms with Crippen molar-refractivity contribution in [2.45, 2.75) is 39.7 Å². The number of benzene rings is 1. The van der Waals surface area contributed by atoms with Crippen LogP contribution >= 0.6 is 0 Å². The first-order chi connectivity index (χ1) is 10.1. The van der Waals surface area contributed by atoms with Crippen molar-refractivity contribution in [3.8, 4) is 11.3 Å². The summed E-state index contributed by atoms with van der Waals surface area (Å²) >= 11 is 0. The van der Waals surface area contributed by atoms with E-state index in [4.69, 9.17) is 10.7 Å². The van der Waals surface area contributed by atoms with Crippen LogP contribution in [-0.4, -0.2) is 23.6 Å². The van der Waals surface area contributed by atoms with Gasteiger partial charge in [-0.05, 0) is 25.0 Å². The lowest BCUT2D eigenvalue weighted by atomic mass is 10.1. The average molecular weight is 286 g/mol. The number of aryl methyl sites for hydroxylation is 1. The third-order valence-corrected chi connectivity index (χ3v) is 3.66. The molecule has 4 nitrogen and oxygen atoms in total. The Morgan fingerprint density at radius 3 is 2.29 bits per heavy atom. The average Bonchev–Trinajstić information content (AvgIpc) is 2.77. The highest BCUT2D eigenvalue weighted by atomic mass is 15.1. The maximum Gasteiger partial charge on any atom is 0.131 e. The maximum absolute atomic E-state index is 6.34. The second-order valence-electron chi connectivity index (χ2n) is 5.60. The number of imidazole rings is 1. The first kappa shape index (κ1) is 15.4. The van der Waals surface area contributed by atoms with E-state index in [0.29, 0.717) is 0 Å². The zero-order chi connectivity index (χ0) is 15.4. The molecule has 4 heteroatoms. The zero-order valence-electron chi connectivity index (χ0n) is 13.6. The lowest BCUT2D eigenvalue weighted by Gasteiger charge is -2.12. The predicted octanol–water partition coefficient (Wildman–Crippen LogP) is 3.56. The fourth-order valence-electron chi connectivity index (χ4n) is 2.53. The minimum Gasteiger partial charge on any atom is -0.383 e. The van der Waals surface area contributed by atoms with E-state index in [0.717, 1.165) is 48.7 Å². The molecule has 0 amide bonds. The quantitative estimate of drug-likeness (QED) is 0.883. The summed E-state index contributed by atoms with van der Waals surface area (Å²) in [4.78, 5) is 6.88. The minimum atomic E-state index is 0.790. The summed E-state index contributed by atoms with van der Waals surface area (Å²) in [7, 11) is 4.08. The van der Waals surface area contributed by atoms with Gasteiger partial charge in [0.1, 0.15) is 17.3 Å². The van der Waals surface area contributed by atoms with Crippen LogP contribution in [0.1, 0.15) is 32.5 Å². The largest absolute Gasteiger partial charge is 0.383 e. The van der Waals surface area contributed by atoms with Gasteiger partial charge in [-0.15, -0.1) is 0 Å². The van der Waals surface area contributed by atoms with Crippen LogP contribution < -0.4 is 10.6 Å². The SMILES string of the molecule is CCCc1nc(-c2ccc(N(C)C)cc2)c(N)n1CCC. The maximum atomic E-state index is 6.34. The molecule has 114 valence electrons. The summed E-state index contributed by atoms with van der Waals surface area (Å²) in [6.45, 7) is 5.28. The summed E-state index contributed by atoms with van der Waals surface area (Å²) < 4.78 is 2.17. The Bertz CT molecular complexity index is 582. The van der Waals surface area contributed by atoms with Gasteiger partial charge in [0.05, 0.1) is 0 Å². The molecule has 0 atom stereocenters. The van der Waals surface area contributed by atoms with Crippen LogP contribution in [0.25, 0.3) is 11.3 Å². The van der Waals surface area contributed by atoms with Crippen molar-refractivity contribution in [1.82, 2.24) is 9.55 Å². The fourth-order valence-corrected chi connectivity index (χ4v) is 2.53. The Hall–Kier alpha value is -1.97. The van der Waals surface area contributed by atoms with Crippen molar-refractivity contribution >= 4 is 11.5 Å². The number of rotatable bonds is 6. The zero-order valence-corrected chi connectivity index (χ0v) is 13.6. The Balaban J connectivity index is 2.41. The summed E-state index contributed by atoms with van der Waals surface area (Å²) in [5.41, 5.74) is 9.52. The van der Waals surface area contributed by atoms with Crippen LogP contribution in [0, 0.1) is 0 Å². The van der Waals surface area contributed by atoms with Crippen LogP contribution in [-0.2, 0) is 13.0 Å². The molecule has 1 aromatic carbocycles. The van der Waals surface area contributed by atoms with Gasteiger partial charge >= 0.3 is 0 Å². The van der Waals surface area contributed by atoms with Crippen LogP contribution in [0.15, 0.2) is 24.3 Å². The Morgan fingerprint density at radius 2 is 1.76 bits per heavy atom. The van der Waals surface area contributed by atoms with E-state index >= 15 is 0 Å². The van der Waals surface area contributed by atoms with Gasteiger partial charge in [-0.25, -0.2) is 4.98 Å². The van der Waals surface area contributed by atoms with E-state index in [9.17, 15) is 0 Å². The van der Waals surface area contributed by atoms with Gasteiger partial charge in [0.15, 0.2) is 0 Å². The number of nitrogens with zero attached hydrogens (tertiary/aromatic N) is 3. The molecule has 0 bridgehead atoms. The van der Waals surface area contributed by atoms with Gasteiger partial charge in [0.25, 0.3) is 0 Å². The van der Waals surface area contributed by atoms with Crippen molar-refractivity contribution in [1.29, 1.82) is 0 Å². The van der Waals surface area contributed by atoms with Crippen LogP contribution in [0.3, 0.4) is 0 Å². The van der Waals surface area contributed by atoms with Gasteiger partial charge < -0.3 is 15.2 Å². The molecule has 0 aliphatic rings. The summed E-state index contributed by atoms with van der Waals surface area (Å²) in [6, 6.07) is 8.40. The molecule has 2 N–H and O–H groups in total. The fraction of sp³-hybridized carbons (Fsp3) is 0.471. The smallest absolute Gasteiger partial charge is 0.131 e. The first-order valence-electron chi connectivity index (χ1n) is 7.71. The molecule has 1 heterocycles. The van der Waals surface area contributed by atoms with Crippen LogP contribution in [0.5, 0.6) is 0 Å². The highest BCUT2D eigenvalue weighted by molar-refractivity contribution is 5.72. The number of hydrogen-bond donors (Lipinski definition) is 1. The lowest BCUT2D eigenvalue weighted by Crippen LogP contribution is -2.08. The minimum absolute atomic E-state index is 0.790. The molecule has 0 aliphatic heterocycles. The first-order valence-corrected chi connectivity index (χ1v) is 7.71. The topological polar surface area (TPSA) is 47.1 Å². The van der Waals surface area contributed by atoms with Gasteiger partial charge in [-0.1, -0.05) is 26.0 Å². The van der Waals surface area contributed by atoms with E-state index in [-0.39, 0.29) is 0 Å². The monoisotopic (exact) mass is 286 g/mol. The number of nitrogens with two attached hydrogens (primary N) is 1. The molecule has 21 heavy (non-hydrogen) atoms. The molecule has 0 saturated heterocycles. The molecular formula is C17H26N4. The molecule has 1 aromatic heterocycles. The van der Waals surface area contributed by atoms with E-state index in [1.165, 1.54) is 5.69 Å². The Kier molecular flexibility index (Phi) is 4.89. The van der Waals surface area contributed by atoms with Gasteiger partial charge in [0, 0.05) is 38.3 Å². The van der Waals surface area contributed by atoms with Crippen LogP contribution in [0.4, 0.5) is 11.5 Å². The second-order valence-corrected chi connectivity index (χ2v) is 5.60. The summed E-state index contributed by atoms with van der Waals surface area (Å²) in [5.74, 6) is 1.89. The van der Waals surface area contributed by atoms with Gasteiger partial charge in [-0.3, -0.25) is 0 Å². The van der Waals surface area contributed by atoms with Crippen molar-refractivity contribution in [3.63, 3.8) is 0 Å². The number of hydrogen-bond acceptors (Lipinski definition) is 3. The molecule has 0 saturated carbocycles.